The monoisotopic (exact) mass is 431 g/mol. The van der Waals surface area contributed by atoms with Crippen molar-refractivity contribution >= 4 is 49.4 Å². The number of carboxylic acid groups (broad SMARTS) is 1. The van der Waals surface area contributed by atoms with Gasteiger partial charge < -0.3 is 10.0 Å². The fourth-order valence-corrected chi connectivity index (χ4v) is 2.62. The van der Waals surface area contributed by atoms with Gasteiger partial charge in [-0.05, 0) is 18.6 Å². The van der Waals surface area contributed by atoms with Crippen molar-refractivity contribution in [2.24, 2.45) is 0 Å². The molecule has 0 heterocycles. The molecule has 1 aromatic carbocycles. The van der Waals surface area contributed by atoms with Crippen molar-refractivity contribution < 1.29 is 14.7 Å². The summed E-state index contributed by atoms with van der Waals surface area (Å²) in [6.07, 6.45) is 1.75. The molecule has 0 aliphatic rings. The minimum atomic E-state index is -1.51. The SMILES string of the molecule is C=C(C(=O)N(CCCC)c1ccccc1)C(Br)(CBr)C(=O)O. The maximum Gasteiger partial charge on any atom is 0.326 e. The molecule has 1 N–H and O–H groups in total. The normalized spacial score (nSPS) is 13.2. The number of unbranched alkanes of at least 4 members (excludes halogenated alkanes) is 1. The second-order valence-electron chi connectivity index (χ2n) is 4.86. The molecule has 0 fully saturated rings. The summed E-state index contributed by atoms with van der Waals surface area (Å²) in [5, 5.41) is 9.42. The van der Waals surface area contributed by atoms with E-state index in [2.05, 4.69) is 38.4 Å². The third kappa shape index (κ3) is 4.20. The number of anilines is 1. The third-order valence-electron chi connectivity index (χ3n) is 3.31. The number of carbonyl (C=O) groups is 2. The Kier molecular flexibility index (Phi) is 7.29. The molecule has 4 nitrogen and oxygen atoms in total. The predicted molar refractivity (Wildman–Crippen MR) is 95.9 cm³/mol. The first-order valence-electron chi connectivity index (χ1n) is 6.93. The van der Waals surface area contributed by atoms with Gasteiger partial charge in [-0.2, -0.15) is 0 Å². The highest BCUT2D eigenvalue weighted by Gasteiger charge is 2.42. The van der Waals surface area contributed by atoms with Gasteiger partial charge in [-0.3, -0.25) is 9.59 Å². The average molecular weight is 433 g/mol. The van der Waals surface area contributed by atoms with Crippen molar-refractivity contribution in [3.05, 3.63) is 42.5 Å². The number of amides is 1. The number of hydrogen-bond acceptors (Lipinski definition) is 2. The van der Waals surface area contributed by atoms with Gasteiger partial charge in [0.1, 0.15) is 0 Å². The molecule has 0 aliphatic carbocycles. The van der Waals surface area contributed by atoms with Crippen molar-refractivity contribution in [3.63, 3.8) is 0 Å². The van der Waals surface area contributed by atoms with Crippen molar-refractivity contribution in [1.29, 1.82) is 0 Å². The Morgan fingerprint density at radius 3 is 2.36 bits per heavy atom. The Bertz CT molecular complexity index is 548. The lowest BCUT2D eigenvalue weighted by Crippen LogP contribution is -2.44. The van der Waals surface area contributed by atoms with Crippen LogP contribution in [0.2, 0.25) is 0 Å². The van der Waals surface area contributed by atoms with Gasteiger partial charge in [0.25, 0.3) is 5.91 Å². The molecule has 0 aliphatic heterocycles. The summed E-state index contributed by atoms with van der Waals surface area (Å²) in [5.74, 6) is -1.54. The second kappa shape index (κ2) is 8.48. The maximum absolute atomic E-state index is 12.8. The summed E-state index contributed by atoms with van der Waals surface area (Å²) >= 11 is 6.27. The largest absolute Gasteiger partial charge is 0.480 e. The number of para-hydroxylation sites is 1. The Morgan fingerprint density at radius 2 is 1.91 bits per heavy atom. The number of alkyl halides is 2. The molecular weight excluding hydrogens is 414 g/mol. The molecule has 1 rings (SSSR count). The Morgan fingerprint density at radius 1 is 1.32 bits per heavy atom. The second-order valence-corrected chi connectivity index (χ2v) is 6.78. The van der Waals surface area contributed by atoms with Crippen LogP contribution in [0, 0.1) is 0 Å². The number of benzene rings is 1. The standard InChI is InChI=1S/C16H19Br2NO3/c1-3-4-10-19(13-8-6-5-7-9-13)14(20)12(2)16(18,11-17)15(21)22/h5-9H,2-4,10-11H2,1H3,(H,21,22). The lowest BCUT2D eigenvalue weighted by atomic mass is 10.0. The van der Waals surface area contributed by atoms with Crippen molar-refractivity contribution in [2.45, 2.75) is 24.1 Å². The van der Waals surface area contributed by atoms with Crippen LogP contribution in [-0.4, -0.2) is 33.2 Å². The molecule has 22 heavy (non-hydrogen) atoms. The lowest BCUT2D eigenvalue weighted by molar-refractivity contribution is -0.138. The minimum Gasteiger partial charge on any atom is -0.480 e. The number of carboxylic acids is 1. The summed E-state index contributed by atoms with van der Waals surface area (Å²) in [4.78, 5) is 25.8. The molecule has 0 aromatic heterocycles. The van der Waals surface area contributed by atoms with Crippen molar-refractivity contribution in [1.82, 2.24) is 0 Å². The molecule has 1 aromatic rings. The Labute approximate surface area is 147 Å². The lowest BCUT2D eigenvalue weighted by Gasteiger charge is -2.29. The topological polar surface area (TPSA) is 57.6 Å². The van der Waals surface area contributed by atoms with Crippen LogP contribution < -0.4 is 4.90 Å². The first-order valence-corrected chi connectivity index (χ1v) is 8.84. The van der Waals surface area contributed by atoms with Crippen LogP contribution in [0.1, 0.15) is 19.8 Å². The van der Waals surface area contributed by atoms with Gasteiger partial charge >= 0.3 is 5.97 Å². The number of aliphatic carboxylic acids is 1. The first-order chi connectivity index (χ1) is 10.4. The van der Waals surface area contributed by atoms with Crippen LogP contribution in [0.15, 0.2) is 42.5 Å². The van der Waals surface area contributed by atoms with E-state index < -0.39 is 16.2 Å². The van der Waals surface area contributed by atoms with E-state index in [4.69, 9.17) is 0 Å². The highest BCUT2D eigenvalue weighted by molar-refractivity contribution is 9.12. The fraction of sp³-hybridized carbons (Fsp3) is 0.375. The molecule has 0 spiro atoms. The van der Waals surface area contributed by atoms with Crippen LogP contribution in [0.3, 0.4) is 0 Å². The first kappa shape index (κ1) is 18.9. The van der Waals surface area contributed by atoms with Crippen molar-refractivity contribution in [2.75, 3.05) is 16.8 Å². The zero-order chi connectivity index (χ0) is 16.8. The molecule has 0 bridgehead atoms. The van der Waals surface area contributed by atoms with Gasteiger partial charge in [-0.25, -0.2) is 0 Å². The van der Waals surface area contributed by atoms with Gasteiger partial charge in [0.05, 0.1) is 0 Å². The molecule has 0 saturated heterocycles. The number of nitrogens with zero attached hydrogens (tertiary/aromatic N) is 1. The van der Waals surface area contributed by atoms with Crippen LogP contribution in [0.5, 0.6) is 0 Å². The van der Waals surface area contributed by atoms with Crippen LogP contribution in [-0.2, 0) is 9.59 Å². The third-order valence-corrected chi connectivity index (χ3v) is 6.00. The van der Waals surface area contributed by atoms with Gasteiger partial charge in [0.15, 0.2) is 4.32 Å². The van der Waals surface area contributed by atoms with Gasteiger partial charge in [-0.1, -0.05) is 70.0 Å². The van der Waals surface area contributed by atoms with E-state index in [1.165, 1.54) is 0 Å². The highest BCUT2D eigenvalue weighted by Crippen LogP contribution is 2.32. The molecule has 6 heteroatoms. The van der Waals surface area contributed by atoms with E-state index in [9.17, 15) is 14.7 Å². The Balaban J connectivity index is 3.12. The van der Waals surface area contributed by atoms with Crippen LogP contribution >= 0.6 is 31.9 Å². The van der Waals surface area contributed by atoms with E-state index in [1.807, 2.05) is 37.3 Å². The number of hydrogen-bond donors (Lipinski definition) is 1. The van der Waals surface area contributed by atoms with E-state index in [1.54, 1.807) is 4.90 Å². The maximum atomic E-state index is 12.8. The molecular formula is C16H19Br2NO3. The average Bonchev–Trinajstić information content (AvgIpc) is 2.54. The summed E-state index contributed by atoms with van der Waals surface area (Å²) < 4.78 is -1.51. The molecule has 0 radical (unpaired) electrons. The highest BCUT2D eigenvalue weighted by atomic mass is 79.9. The Hall–Kier alpha value is -1.14. The zero-order valence-electron chi connectivity index (χ0n) is 12.4. The molecule has 1 atom stereocenters. The summed E-state index contributed by atoms with van der Waals surface area (Å²) in [7, 11) is 0. The zero-order valence-corrected chi connectivity index (χ0v) is 15.6. The molecule has 1 amide bonds. The fourth-order valence-electron chi connectivity index (χ4n) is 1.87. The summed E-state index contributed by atoms with van der Waals surface area (Å²) in [5.41, 5.74) is 0.730. The smallest absolute Gasteiger partial charge is 0.326 e. The van der Waals surface area contributed by atoms with E-state index in [0.29, 0.717) is 6.54 Å². The van der Waals surface area contributed by atoms with Crippen LogP contribution in [0.4, 0.5) is 5.69 Å². The number of rotatable bonds is 8. The van der Waals surface area contributed by atoms with Gasteiger partial charge in [0, 0.05) is 23.1 Å². The summed E-state index contributed by atoms with van der Waals surface area (Å²) in [6, 6.07) is 9.20. The molecule has 1 unspecified atom stereocenters. The van der Waals surface area contributed by atoms with E-state index in [0.717, 1.165) is 18.5 Å². The molecule has 0 saturated carbocycles. The van der Waals surface area contributed by atoms with Crippen molar-refractivity contribution in [3.8, 4) is 0 Å². The van der Waals surface area contributed by atoms with Gasteiger partial charge in [0.2, 0.25) is 0 Å². The quantitative estimate of drug-likeness (QED) is 0.499. The number of carbonyl (C=O) groups excluding carboxylic acids is 1. The summed E-state index contributed by atoms with van der Waals surface area (Å²) in [6.45, 7) is 6.28. The van der Waals surface area contributed by atoms with E-state index >= 15 is 0 Å². The van der Waals surface area contributed by atoms with Gasteiger partial charge in [-0.15, -0.1) is 0 Å². The predicted octanol–water partition coefficient (Wildman–Crippen LogP) is 3.99. The van der Waals surface area contributed by atoms with Crippen LogP contribution in [0.25, 0.3) is 0 Å². The number of halogens is 2. The van der Waals surface area contributed by atoms with E-state index in [-0.39, 0.29) is 10.9 Å². The molecule has 120 valence electrons. The minimum absolute atomic E-state index is 0.00293.